The van der Waals surface area contributed by atoms with Gasteiger partial charge in [-0.25, -0.2) is 4.39 Å². The fourth-order valence-corrected chi connectivity index (χ4v) is 2.21. The Morgan fingerprint density at radius 3 is 2.74 bits per heavy atom. The highest BCUT2D eigenvalue weighted by Gasteiger charge is 2.12. The first-order chi connectivity index (χ1) is 9.08. The second-order valence-electron chi connectivity index (χ2n) is 4.38. The molecule has 0 aliphatic heterocycles. The molecule has 0 saturated carbocycles. The van der Waals surface area contributed by atoms with Crippen LogP contribution in [0.15, 0.2) is 46.9 Å². The van der Waals surface area contributed by atoms with Gasteiger partial charge in [0.1, 0.15) is 5.82 Å². The normalized spacial score (nSPS) is 12.2. The highest BCUT2D eigenvalue weighted by molar-refractivity contribution is 9.10. The largest absolute Gasteiger partial charge is 0.386 e. The molecule has 0 aliphatic carbocycles. The summed E-state index contributed by atoms with van der Waals surface area (Å²) in [5.41, 5.74) is 2.30. The van der Waals surface area contributed by atoms with Crippen LogP contribution in [-0.2, 0) is 0 Å². The van der Waals surface area contributed by atoms with Crippen LogP contribution in [0, 0.1) is 12.7 Å². The highest BCUT2D eigenvalue weighted by atomic mass is 79.9. The first-order valence-corrected chi connectivity index (χ1v) is 6.80. The lowest BCUT2D eigenvalue weighted by Crippen LogP contribution is -2.14. The third-order valence-electron chi connectivity index (χ3n) is 2.95. The van der Waals surface area contributed by atoms with Crippen molar-refractivity contribution >= 4 is 21.6 Å². The van der Waals surface area contributed by atoms with E-state index in [1.165, 1.54) is 6.07 Å². The van der Waals surface area contributed by atoms with Crippen LogP contribution in [0.4, 0.5) is 10.1 Å². The number of aryl methyl sites for hydroxylation is 1. The number of nitrogens with one attached hydrogen (secondary N) is 1. The fraction of sp³-hybridized carbons (Fsp3) is 0.200. The Kier molecular flexibility index (Phi) is 4.56. The summed E-state index contributed by atoms with van der Waals surface area (Å²) in [6.45, 7) is 2.24. The Labute approximate surface area is 120 Å². The number of aliphatic hydroxyl groups is 1. The lowest BCUT2D eigenvalue weighted by Gasteiger charge is -2.15. The van der Waals surface area contributed by atoms with E-state index < -0.39 is 6.10 Å². The Hall–Kier alpha value is -1.39. The van der Waals surface area contributed by atoms with Gasteiger partial charge in [0.2, 0.25) is 0 Å². The Morgan fingerprint density at radius 2 is 2.00 bits per heavy atom. The Morgan fingerprint density at radius 1 is 1.26 bits per heavy atom. The maximum atomic E-state index is 13.5. The first kappa shape index (κ1) is 14.0. The molecule has 2 nitrogen and oxygen atoms in total. The number of hydrogen-bond donors (Lipinski definition) is 2. The average Bonchev–Trinajstić information content (AvgIpc) is 2.40. The first-order valence-electron chi connectivity index (χ1n) is 6.00. The van der Waals surface area contributed by atoms with Crippen molar-refractivity contribution in [2.24, 2.45) is 0 Å². The van der Waals surface area contributed by atoms with Crippen molar-refractivity contribution in [2.45, 2.75) is 13.0 Å². The lowest BCUT2D eigenvalue weighted by atomic mass is 10.1. The van der Waals surface area contributed by atoms with E-state index in [0.29, 0.717) is 5.56 Å². The minimum Gasteiger partial charge on any atom is -0.386 e. The zero-order valence-corrected chi connectivity index (χ0v) is 12.1. The van der Waals surface area contributed by atoms with Crippen LogP contribution in [-0.4, -0.2) is 11.7 Å². The minimum atomic E-state index is -0.875. The maximum Gasteiger partial charge on any atom is 0.129 e. The molecule has 0 bridgehead atoms. The van der Waals surface area contributed by atoms with E-state index in [-0.39, 0.29) is 12.4 Å². The second kappa shape index (κ2) is 6.17. The number of hydrogen-bond acceptors (Lipinski definition) is 2. The molecule has 0 aliphatic rings. The molecule has 0 amide bonds. The quantitative estimate of drug-likeness (QED) is 0.889. The molecule has 2 aromatic rings. The van der Waals surface area contributed by atoms with E-state index in [1.807, 2.05) is 25.1 Å². The van der Waals surface area contributed by atoms with Gasteiger partial charge in [0.25, 0.3) is 0 Å². The monoisotopic (exact) mass is 323 g/mol. The SMILES string of the molecule is Cc1ccc(Br)cc1NCC(O)c1ccccc1F. The van der Waals surface area contributed by atoms with Gasteiger partial charge in [-0.2, -0.15) is 0 Å². The van der Waals surface area contributed by atoms with Crippen LogP contribution in [0.2, 0.25) is 0 Å². The minimum absolute atomic E-state index is 0.262. The lowest BCUT2D eigenvalue weighted by molar-refractivity contribution is 0.186. The zero-order valence-electron chi connectivity index (χ0n) is 10.5. The van der Waals surface area contributed by atoms with Gasteiger partial charge in [0.15, 0.2) is 0 Å². The van der Waals surface area contributed by atoms with E-state index in [4.69, 9.17) is 0 Å². The summed E-state index contributed by atoms with van der Waals surface area (Å²) >= 11 is 3.40. The number of aliphatic hydroxyl groups excluding tert-OH is 1. The summed E-state index contributed by atoms with van der Waals surface area (Å²) in [4.78, 5) is 0. The van der Waals surface area contributed by atoms with Gasteiger partial charge in [-0.3, -0.25) is 0 Å². The molecule has 0 fully saturated rings. The molecule has 0 saturated heterocycles. The van der Waals surface area contributed by atoms with E-state index >= 15 is 0 Å². The third kappa shape index (κ3) is 3.55. The standard InChI is InChI=1S/C15H15BrFNO/c1-10-6-7-11(16)8-14(10)18-9-15(19)12-4-2-3-5-13(12)17/h2-8,15,18-19H,9H2,1H3. The molecule has 2 rings (SSSR count). The summed E-state index contributed by atoms with van der Waals surface area (Å²) in [7, 11) is 0. The van der Waals surface area contributed by atoms with Crippen molar-refractivity contribution in [3.05, 3.63) is 63.9 Å². The van der Waals surface area contributed by atoms with Crippen LogP contribution in [0.1, 0.15) is 17.2 Å². The van der Waals surface area contributed by atoms with Gasteiger partial charge in [-0.15, -0.1) is 0 Å². The van der Waals surface area contributed by atoms with E-state index in [1.54, 1.807) is 18.2 Å². The highest BCUT2D eigenvalue weighted by Crippen LogP contribution is 2.22. The van der Waals surface area contributed by atoms with Crippen LogP contribution in [0.3, 0.4) is 0 Å². The Bertz CT molecular complexity index is 574. The third-order valence-corrected chi connectivity index (χ3v) is 3.44. The van der Waals surface area contributed by atoms with Crippen molar-refractivity contribution in [3.8, 4) is 0 Å². The van der Waals surface area contributed by atoms with Crippen molar-refractivity contribution in [1.82, 2.24) is 0 Å². The van der Waals surface area contributed by atoms with E-state index in [2.05, 4.69) is 21.2 Å². The molecular formula is C15H15BrFNO. The smallest absolute Gasteiger partial charge is 0.129 e. The molecule has 2 N–H and O–H groups in total. The Balaban J connectivity index is 2.06. The van der Waals surface area contributed by atoms with Crippen molar-refractivity contribution in [2.75, 3.05) is 11.9 Å². The number of benzene rings is 2. The average molecular weight is 324 g/mol. The summed E-state index contributed by atoms with van der Waals surface area (Å²) in [6, 6.07) is 12.1. The number of halogens is 2. The van der Waals surface area contributed by atoms with E-state index in [9.17, 15) is 9.50 Å². The second-order valence-corrected chi connectivity index (χ2v) is 5.29. The van der Waals surface area contributed by atoms with Crippen LogP contribution >= 0.6 is 15.9 Å². The van der Waals surface area contributed by atoms with Gasteiger partial charge < -0.3 is 10.4 Å². The van der Waals surface area contributed by atoms with Crippen LogP contribution in [0.25, 0.3) is 0 Å². The molecule has 100 valence electrons. The molecule has 0 heterocycles. The van der Waals surface area contributed by atoms with Crippen LogP contribution < -0.4 is 5.32 Å². The molecule has 0 spiro atoms. The summed E-state index contributed by atoms with van der Waals surface area (Å²) in [5, 5.41) is 13.1. The molecule has 4 heteroatoms. The molecular weight excluding hydrogens is 309 g/mol. The van der Waals surface area contributed by atoms with E-state index in [0.717, 1.165) is 15.7 Å². The molecule has 0 aromatic heterocycles. The summed E-state index contributed by atoms with van der Waals surface area (Å²) in [5.74, 6) is -0.386. The summed E-state index contributed by atoms with van der Waals surface area (Å²) < 4.78 is 14.5. The predicted octanol–water partition coefficient (Wildman–Crippen LogP) is 4.04. The zero-order chi connectivity index (χ0) is 13.8. The topological polar surface area (TPSA) is 32.3 Å². The molecule has 1 atom stereocenters. The predicted molar refractivity (Wildman–Crippen MR) is 78.7 cm³/mol. The molecule has 19 heavy (non-hydrogen) atoms. The summed E-state index contributed by atoms with van der Waals surface area (Å²) in [6.07, 6.45) is -0.875. The fourth-order valence-electron chi connectivity index (χ4n) is 1.85. The number of anilines is 1. The molecule has 0 radical (unpaired) electrons. The molecule has 2 aromatic carbocycles. The van der Waals surface area contributed by atoms with Gasteiger partial charge >= 0.3 is 0 Å². The van der Waals surface area contributed by atoms with Crippen molar-refractivity contribution < 1.29 is 9.50 Å². The van der Waals surface area contributed by atoms with Gasteiger partial charge in [0, 0.05) is 22.3 Å². The number of rotatable bonds is 4. The maximum absolute atomic E-state index is 13.5. The van der Waals surface area contributed by atoms with Gasteiger partial charge in [-0.1, -0.05) is 40.2 Å². The molecule has 1 unspecified atom stereocenters. The van der Waals surface area contributed by atoms with Crippen molar-refractivity contribution in [1.29, 1.82) is 0 Å². The van der Waals surface area contributed by atoms with Crippen LogP contribution in [0.5, 0.6) is 0 Å². The van der Waals surface area contributed by atoms with Gasteiger partial charge in [-0.05, 0) is 30.7 Å². The van der Waals surface area contributed by atoms with Crippen molar-refractivity contribution in [3.63, 3.8) is 0 Å². The van der Waals surface area contributed by atoms with Gasteiger partial charge in [0.05, 0.1) is 6.10 Å².